The van der Waals surface area contributed by atoms with Gasteiger partial charge in [0, 0.05) is 15.4 Å². The van der Waals surface area contributed by atoms with Crippen LogP contribution in [0.1, 0.15) is 11.7 Å². The highest BCUT2D eigenvalue weighted by Crippen LogP contribution is 2.30. The van der Waals surface area contributed by atoms with E-state index >= 15 is 0 Å². The van der Waals surface area contributed by atoms with E-state index in [1.54, 1.807) is 17.8 Å². The Kier molecular flexibility index (Phi) is 5.18. The Morgan fingerprint density at radius 3 is 2.56 bits per heavy atom. The summed E-state index contributed by atoms with van der Waals surface area (Å²) in [5.74, 6) is -0.632. The van der Waals surface area contributed by atoms with E-state index in [0.29, 0.717) is 5.56 Å². The van der Waals surface area contributed by atoms with Crippen LogP contribution in [-0.2, 0) is 9.53 Å². The third kappa shape index (κ3) is 2.93. The maximum atomic E-state index is 11.2. The molecule has 0 fully saturated rings. The van der Waals surface area contributed by atoms with Gasteiger partial charge in [0.2, 0.25) is 0 Å². The van der Waals surface area contributed by atoms with Crippen molar-refractivity contribution in [1.29, 1.82) is 0 Å². The van der Waals surface area contributed by atoms with Crippen LogP contribution in [0.25, 0.3) is 0 Å². The first-order valence-electron chi connectivity index (χ1n) is 4.61. The first kappa shape index (κ1) is 13.4. The van der Waals surface area contributed by atoms with E-state index in [2.05, 4.69) is 4.74 Å². The highest BCUT2D eigenvalue weighted by Gasteiger charge is 2.20. The summed E-state index contributed by atoms with van der Waals surface area (Å²) in [5.41, 5.74) is 0.595. The van der Waals surface area contributed by atoms with Gasteiger partial charge in [-0.2, -0.15) is 0 Å². The molecule has 1 N–H and O–H groups in total. The lowest BCUT2D eigenvalue weighted by molar-refractivity contribution is -0.150. The zero-order chi connectivity index (χ0) is 12.1. The molecule has 1 aromatic carbocycles. The number of rotatable bonds is 4. The summed E-state index contributed by atoms with van der Waals surface area (Å²) in [4.78, 5) is 13.2. The van der Waals surface area contributed by atoms with Crippen molar-refractivity contribution < 1.29 is 14.6 Å². The summed E-state index contributed by atoms with van der Waals surface area (Å²) in [7, 11) is 1.26. The van der Waals surface area contributed by atoms with Gasteiger partial charge >= 0.3 is 5.97 Å². The fourth-order valence-electron chi connectivity index (χ4n) is 1.28. The minimum absolute atomic E-state index is 0.595. The van der Waals surface area contributed by atoms with Gasteiger partial charge < -0.3 is 9.84 Å². The predicted molar refractivity (Wildman–Crippen MR) is 67.0 cm³/mol. The number of hydrogen-bond acceptors (Lipinski definition) is 5. The molecule has 0 aromatic heterocycles. The van der Waals surface area contributed by atoms with Crippen molar-refractivity contribution in [2.24, 2.45) is 0 Å². The largest absolute Gasteiger partial charge is 0.467 e. The SMILES string of the molecule is COC(=O)C(O)c1ccc(SC)cc1SC. The number of benzene rings is 1. The Balaban J connectivity index is 3.08. The maximum absolute atomic E-state index is 11.2. The van der Waals surface area contributed by atoms with Crippen molar-refractivity contribution in [2.45, 2.75) is 15.9 Å². The molecular formula is C11H14O3S2. The van der Waals surface area contributed by atoms with Crippen LogP contribution in [0.2, 0.25) is 0 Å². The molecule has 16 heavy (non-hydrogen) atoms. The molecule has 1 unspecified atom stereocenters. The molecule has 1 atom stereocenters. The van der Waals surface area contributed by atoms with E-state index in [4.69, 9.17) is 0 Å². The molecule has 0 saturated carbocycles. The Morgan fingerprint density at radius 1 is 1.38 bits per heavy atom. The summed E-state index contributed by atoms with van der Waals surface area (Å²) in [6.07, 6.45) is 2.69. The Labute approximate surface area is 104 Å². The molecule has 0 spiro atoms. The van der Waals surface area contributed by atoms with Gasteiger partial charge in [-0.1, -0.05) is 6.07 Å². The molecule has 0 heterocycles. The summed E-state index contributed by atoms with van der Waals surface area (Å²) in [6, 6.07) is 5.60. The summed E-state index contributed by atoms with van der Waals surface area (Å²) >= 11 is 3.12. The number of ether oxygens (including phenoxy) is 1. The summed E-state index contributed by atoms with van der Waals surface area (Å²) in [5, 5.41) is 9.77. The first-order valence-corrected chi connectivity index (χ1v) is 7.06. The first-order chi connectivity index (χ1) is 7.63. The topological polar surface area (TPSA) is 46.5 Å². The van der Waals surface area contributed by atoms with Crippen molar-refractivity contribution >= 4 is 29.5 Å². The molecule has 0 aliphatic rings. The van der Waals surface area contributed by atoms with Crippen LogP contribution in [0.3, 0.4) is 0 Å². The van der Waals surface area contributed by atoms with Crippen LogP contribution in [0.4, 0.5) is 0 Å². The molecule has 0 amide bonds. The fourth-order valence-corrected chi connectivity index (χ4v) is 2.46. The van der Waals surface area contributed by atoms with E-state index in [1.807, 2.05) is 24.6 Å². The average Bonchev–Trinajstić information content (AvgIpc) is 2.35. The predicted octanol–water partition coefficient (Wildman–Crippen LogP) is 2.34. The minimum Gasteiger partial charge on any atom is -0.467 e. The smallest absolute Gasteiger partial charge is 0.339 e. The van der Waals surface area contributed by atoms with E-state index in [0.717, 1.165) is 9.79 Å². The lowest BCUT2D eigenvalue weighted by Crippen LogP contribution is -2.14. The van der Waals surface area contributed by atoms with E-state index in [-0.39, 0.29) is 0 Å². The Hall–Kier alpha value is -0.650. The number of hydrogen-bond donors (Lipinski definition) is 1. The number of esters is 1. The van der Waals surface area contributed by atoms with Crippen LogP contribution in [0.5, 0.6) is 0 Å². The van der Waals surface area contributed by atoms with Crippen LogP contribution in [0, 0.1) is 0 Å². The highest BCUT2D eigenvalue weighted by molar-refractivity contribution is 7.99. The van der Waals surface area contributed by atoms with E-state index < -0.39 is 12.1 Å². The van der Waals surface area contributed by atoms with E-state index in [1.165, 1.54) is 18.9 Å². The van der Waals surface area contributed by atoms with Gasteiger partial charge in [0.05, 0.1) is 7.11 Å². The van der Waals surface area contributed by atoms with Crippen molar-refractivity contribution in [3.63, 3.8) is 0 Å². The molecule has 1 aromatic rings. The molecule has 3 nitrogen and oxygen atoms in total. The van der Waals surface area contributed by atoms with Crippen molar-refractivity contribution in [3.05, 3.63) is 23.8 Å². The number of aliphatic hydroxyl groups excluding tert-OH is 1. The second kappa shape index (κ2) is 6.18. The lowest BCUT2D eigenvalue weighted by atomic mass is 10.1. The second-order valence-corrected chi connectivity index (χ2v) is 4.76. The van der Waals surface area contributed by atoms with Crippen LogP contribution in [-0.4, -0.2) is 30.7 Å². The van der Waals surface area contributed by atoms with Crippen molar-refractivity contribution in [3.8, 4) is 0 Å². The molecule has 0 aliphatic carbocycles. The van der Waals surface area contributed by atoms with Crippen molar-refractivity contribution in [1.82, 2.24) is 0 Å². The Bertz CT molecular complexity index is 379. The van der Waals surface area contributed by atoms with Gasteiger partial charge in [-0.05, 0) is 24.6 Å². The zero-order valence-electron chi connectivity index (χ0n) is 9.39. The normalized spacial score (nSPS) is 12.2. The van der Waals surface area contributed by atoms with Gasteiger partial charge in [0.25, 0.3) is 0 Å². The maximum Gasteiger partial charge on any atom is 0.339 e. The number of carbonyl (C=O) groups excluding carboxylic acids is 1. The van der Waals surface area contributed by atoms with Gasteiger partial charge in [-0.15, -0.1) is 23.5 Å². The second-order valence-electron chi connectivity index (χ2n) is 3.03. The van der Waals surface area contributed by atoms with Crippen LogP contribution < -0.4 is 0 Å². The summed E-state index contributed by atoms with van der Waals surface area (Å²) in [6.45, 7) is 0. The van der Waals surface area contributed by atoms with Crippen LogP contribution >= 0.6 is 23.5 Å². The zero-order valence-corrected chi connectivity index (χ0v) is 11.0. The monoisotopic (exact) mass is 258 g/mol. The number of carbonyl (C=O) groups is 1. The minimum atomic E-state index is -1.21. The highest BCUT2D eigenvalue weighted by atomic mass is 32.2. The third-order valence-corrected chi connectivity index (χ3v) is 3.68. The lowest BCUT2D eigenvalue weighted by Gasteiger charge is -2.13. The molecule has 0 radical (unpaired) electrons. The molecule has 0 aliphatic heterocycles. The van der Waals surface area contributed by atoms with Gasteiger partial charge in [-0.25, -0.2) is 4.79 Å². The third-order valence-electron chi connectivity index (χ3n) is 2.16. The molecule has 0 bridgehead atoms. The van der Waals surface area contributed by atoms with Gasteiger partial charge in [-0.3, -0.25) is 0 Å². The molecule has 5 heteroatoms. The quantitative estimate of drug-likeness (QED) is 0.663. The molecule has 0 saturated heterocycles. The van der Waals surface area contributed by atoms with Gasteiger partial charge in [0.1, 0.15) is 0 Å². The average molecular weight is 258 g/mol. The van der Waals surface area contributed by atoms with E-state index in [9.17, 15) is 9.90 Å². The number of methoxy groups -OCH3 is 1. The summed E-state index contributed by atoms with van der Waals surface area (Å²) < 4.78 is 4.52. The van der Waals surface area contributed by atoms with Crippen molar-refractivity contribution in [2.75, 3.05) is 19.6 Å². The molecule has 88 valence electrons. The Morgan fingerprint density at radius 2 is 2.06 bits per heavy atom. The molecular weight excluding hydrogens is 244 g/mol. The van der Waals surface area contributed by atoms with Crippen LogP contribution in [0.15, 0.2) is 28.0 Å². The number of aliphatic hydroxyl groups is 1. The fraction of sp³-hybridized carbons (Fsp3) is 0.364. The number of thioether (sulfide) groups is 2. The molecule has 1 rings (SSSR count). The van der Waals surface area contributed by atoms with Gasteiger partial charge in [0.15, 0.2) is 6.10 Å². The standard InChI is InChI=1S/C11H14O3S2/c1-14-11(13)10(12)8-5-4-7(15-2)6-9(8)16-3/h4-6,10,12H,1-3H3.